The van der Waals surface area contributed by atoms with Crippen LogP contribution in [0.5, 0.6) is 5.75 Å². The fraction of sp³-hybridized carbons (Fsp3) is 0.667. The molecule has 128 valence electrons. The van der Waals surface area contributed by atoms with E-state index in [-0.39, 0.29) is 0 Å². The van der Waals surface area contributed by atoms with Gasteiger partial charge in [0.1, 0.15) is 12.4 Å². The van der Waals surface area contributed by atoms with Crippen molar-refractivity contribution in [2.75, 3.05) is 59.0 Å². The predicted octanol–water partition coefficient (Wildman–Crippen LogP) is 2.34. The molecule has 3 rings (SSSR count). The van der Waals surface area contributed by atoms with E-state index in [0.29, 0.717) is 11.6 Å². The lowest BCUT2D eigenvalue weighted by atomic mass is 9.99. The van der Waals surface area contributed by atoms with E-state index >= 15 is 0 Å². The molecule has 0 amide bonds. The Balaban J connectivity index is 1.32. The number of halogens is 1. The van der Waals surface area contributed by atoms with Crippen molar-refractivity contribution in [3.8, 4) is 5.75 Å². The van der Waals surface area contributed by atoms with Gasteiger partial charge in [0.2, 0.25) is 0 Å². The summed E-state index contributed by atoms with van der Waals surface area (Å²) in [5, 5.41) is 4.21. The van der Waals surface area contributed by atoms with Gasteiger partial charge in [0.25, 0.3) is 0 Å². The van der Waals surface area contributed by atoms with Gasteiger partial charge < -0.3 is 15.0 Å². The fourth-order valence-corrected chi connectivity index (χ4v) is 3.68. The van der Waals surface area contributed by atoms with Crippen molar-refractivity contribution >= 4 is 11.6 Å². The van der Waals surface area contributed by atoms with E-state index < -0.39 is 0 Å². The zero-order valence-corrected chi connectivity index (χ0v) is 14.6. The average Bonchev–Trinajstić information content (AvgIpc) is 2.59. The Kier molecular flexibility index (Phi) is 6.57. The Hall–Kier alpha value is -0.810. The van der Waals surface area contributed by atoms with Crippen molar-refractivity contribution in [1.82, 2.24) is 15.1 Å². The number of piperazine rings is 1. The van der Waals surface area contributed by atoms with E-state index in [1.165, 1.54) is 45.6 Å². The van der Waals surface area contributed by atoms with Gasteiger partial charge in [-0.05, 0) is 44.0 Å². The third kappa shape index (κ3) is 5.35. The lowest BCUT2D eigenvalue weighted by Gasteiger charge is -2.37. The summed E-state index contributed by atoms with van der Waals surface area (Å²) < 4.78 is 5.79. The maximum absolute atomic E-state index is 6.11. The van der Waals surface area contributed by atoms with Crippen LogP contribution in [0.3, 0.4) is 0 Å². The molecule has 23 heavy (non-hydrogen) atoms. The van der Waals surface area contributed by atoms with Crippen LogP contribution in [0.1, 0.15) is 12.8 Å². The van der Waals surface area contributed by atoms with E-state index in [9.17, 15) is 0 Å². The summed E-state index contributed by atoms with van der Waals surface area (Å²) in [6.45, 7) is 10.0. The Morgan fingerprint density at radius 2 is 1.91 bits per heavy atom. The minimum Gasteiger partial charge on any atom is -0.491 e. The molecule has 5 heteroatoms. The standard InChI is InChI=1S/C18H28ClN3O/c19-17-5-1-2-6-18(17)23-13-12-21-8-10-22(11-9-21)15-16-4-3-7-20-14-16/h1-2,5-6,16,20H,3-4,7-15H2. The van der Waals surface area contributed by atoms with Crippen molar-refractivity contribution in [1.29, 1.82) is 0 Å². The van der Waals surface area contributed by atoms with Crippen LogP contribution in [-0.4, -0.2) is 68.8 Å². The molecule has 2 aliphatic heterocycles. The number of nitrogens with zero attached hydrogens (tertiary/aromatic N) is 2. The van der Waals surface area contributed by atoms with Gasteiger partial charge in [-0.15, -0.1) is 0 Å². The van der Waals surface area contributed by atoms with Crippen molar-refractivity contribution in [2.24, 2.45) is 5.92 Å². The van der Waals surface area contributed by atoms with Crippen LogP contribution in [0.4, 0.5) is 0 Å². The third-order valence-electron chi connectivity index (χ3n) is 4.88. The second-order valence-electron chi connectivity index (χ2n) is 6.63. The van der Waals surface area contributed by atoms with Gasteiger partial charge in [-0.25, -0.2) is 0 Å². The van der Waals surface area contributed by atoms with E-state index in [4.69, 9.17) is 16.3 Å². The van der Waals surface area contributed by atoms with E-state index in [2.05, 4.69) is 15.1 Å². The quantitative estimate of drug-likeness (QED) is 0.862. The van der Waals surface area contributed by atoms with Gasteiger partial charge in [0.05, 0.1) is 5.02 Å². The molecule has 2 fully saturated rings. The molecule has 0 bridgehead atoms. The Morgan fingerprint density at radius 3 is 2.65 bits per heavy atom. The maximum atomic E-state index is 6.11. The van der Waals surface area contributed by atoms with Gasteiger partial charge in [-0.2, -0.15) is 0 Å². The molecule has 2 heterocycles. The maximum Gasteiger partial charge on any atom is 0.137 e. The Morgan fingerprint density at radius 1 is 1.13 bits per heavy atom. The minimum absolute atomic E-state index is 0.693. The van der Waals surface area contributed by atoms with Gasteiger partial charge in [-0.3, -0.25) is 4.90 Å². The molecule has 1 unspecified atom stereocenters. The Bertz CT molecular complexity index is 471. The van der Waals surface area contributed by atoms with Gasteiger partial charge in [0.15, 0.2) is 0 Å². The number of hydrogen-bond donors (Lipinski definition) is 1. The first kappa shape index (κ1) is 17.0. The first-order chi connectivity index (χ1) is 11.3. The topological polar surface area (TPSA) is 27.7 Å². The number of rotatable bonds is 6. The number of piperidine rings is 1. The van der Waals surface area contributed by atoms with Crippen molar-refractivity contribution in [3.63, 3.8) is 0 Å². The Labute approximate surface area is 144 Å². The zero-order valence-electron chi connectivity index (χ0n) is 13.8. The summed E-state index contributed by atoms with van der Waals surface area (Å²) in [6.07, 6.45) is 2.73. The molecule has 1 aromatic rings. The van der Waals surface area contributed by atoms with E-state index in [1.54, 1.807) is 0 Å². The first-order valence-electron chi connectivity index (χ1n) is 8.84. The molecule has 1 atom stereocenters. The lowest BCUT2D eigenvalue weighted by molar-refractivity contribution is 0.101. The number of nitrogens with one attached hydrogen (secondary N) is 1. The highest BCUT2D eigenvalue weighted by molar-refractivity contribution is 6.32. The zero-order chi connectivity index (χ0) is 15.9. The molecule has 0 aromatic heterocycles. The van der Waals surface area contributed by atoms with Crippen LogP contribution in [0, 0.1) is 5.92 Å². The van der Waals surface area contributed by atoms with Crippen LogP contribution in [0.2, 0.25) is 5.02 Å². The third-order valence-corrected chi connectivity index (χ3v) is 5.19. The molecule has 4 nitrogen and oxygen atoms in total. The summed E-state index contributed by atoms with van der Waals surface area (Å²) in [6, 6.07) is 7.69. The number of para-hydroxylation sites is 1. The largest absolute Gasteiger partial charge is 0.491 e. The van der Waals surface area contributed by atoms with Crippen LogP contribution >= 0.6 is 11.6 Å². The van der Waals surface area contributed by atoms with Crippen LogP contribution in [0.25, 0.3) is 0 Å². The second kappa shape index (κ2) is 8.88. The molecular weight excluding hydrogens is 310 g/mol. The highest BCUT2D eigenvalue weighted by Gasteiger charge is 2.21. The molecule has 0 saturated carbocycles. The van der Waals surface area contributed by atoms with Gasteiger partial charge in [-0.1, -0.05) is 23.7 Å². The van der Waals surface area contributed by atoms with Crippen LogP contribution < -0.4 is 10.1 Å². The normalized spacial score (nSPS) is 23.8. The summed E-state index contributed by atoms with van der Waals surface area (Å²) in [7, 11) is 0. The van der Waals surface area contributed by atoms with Gasteiger partial charge in [0, 0.05) is 39.3 Å². The molecular formula is C18H28ClN3O. The highest BCUT2D eigenvalue weighted by Crippen LogP contribution is 2.23. The first-order valence-corrected chi connectivity index (χ1v) is 9.22. The van der Waals surface area contributed by atoms with E-state index in [0.717, 1.165) is 31.3 Å². The molecule has 2 aliphatic rings. The minimum atomic E-state index is 0.693. The molecule has 0 spiro atoms. The number of benzene rings is 1. The SMILES string of the molecule is Clc1ccccc1OCCN1CCN(CC2CCCNC2)CC1. The van der Waals surface area contributed by atoms with Crippen LogP contribution in [-0.2, 0) is 0 Å². The molecule has 0 radical (unpaired) electrons. The summed E-state index contributed by atoms with van der Waals surface area (Å²) in [4.78, 5) is 5.12. The summed E-state index contributed by atoms with van der Waals surface area (Å²) >= 11 is 6.11. The molecule has 0 aliphatic carbocycles. The lowest BCUT2D eigenvalue weighted by Crippen LogP contribution is -2.49. The van der Waals surface area contributed by atoms with Crippen molar-refractivity contribution in [3.05, 3.63) is 29.3 Å². The number of ether oxygens (including phenoxy) is 1. The smallest absolute Gasteiger partial charge is 0.137 e. The summed E-state index contributed by atoms with van der Waals surface area (Å²) in [5.74, 6) is 1.64. The van der Waals surface area contributed by atoms with Crippen molar-refractivity contribution in [2.45, 2.75) is 12.8 Å². The number of hydrogen-bond acceptors (Lipinski definition) is 4. The molecule has 1 aromatic carbocycles. The highest BCUT2D eigenvalue weighted by atomic mass is 35.5. The molecule has 2 saturated heterocycles. The monoisotopic (exact) mass is 337 g/mol. The van der Waals surface area contributed by atoms with Gasteiger partial charge >= 0.3 is 0 Å². The van der Waals surface area contributed by atoms with E-state index in [1.807, 2.05) is 24.3 Å². The van der Waals surface area contributed by atoms with Crippen molar-refractivity contribution < 1.29 is 4.74 Å². The second-order valence-corrected chi connectivity index (χ2v) is 7.04. The fourth-order valence-electron chi connectivity index (χ4n) is 3.49. The molecule has 1 N–H and O–H groups in total. The van der Waals surface area contributed by atoms with Crippen LogP contribution in [0.15, 0.2) is 24.3 Å². The summed E-state index contributed by atoms with van der Waals surface area (Å²) in [5.41, 5.74) is 0. The predicted molar refractivity (Wildman–Crippen MR) is 95.4 cm³/mol. The average molecular weight is 338 g/mol.